The number of aryl methyl sites for hydroxylation is 1. The lowest BCUT2D eigenvalue weighted by Gasteiger charge is -2.38. The molecule has 1 aliphatic heterocycles. The standard InChI is InChI=1S/C16H25N3O2/c1-5-6-13-9-12(10-14(17-4)18-13)15(20)19-7-8-21-16(2,3)11-19/h9-10H,5-8,11H2,1-4H3,(H,17,18). The number of aromatic nitrogens is 1. The third-order valence-corrected chi connectivity index (χ3v) is 3.60. The minimum atomic E-state index is -0.279. The number of nitrogens with zero attached hydrogens (tertiary/aromatic N) is 2. The van der Waals surface area contributed by atoms with E-state index in [1.54, 1.807) is 0 Å². The van der Waals surface area contributed by atoms with Crippen LogP contribution in [0.2, 0.25) is 0 Å². The minimum Gasteiger partial charge on any atom is -0.373 e. The van der Waals surface area contributed by atoms with Crippen LogP contribution in [0.5, 0.6) is 0 Å². The van der Waals surface area contributed by atoms with Crippen LogP contribution in [0.25, 0.3) is 0 Å². The molecule has 0 aliphatic carbocycles. The zero-order valence-electron chi connectivity index (χ0n) is 13.4. The van der Waals surface area contributed by atoms with Crippen LogP contribution < -0.4 is 5.32 Å². The van der Waals surface area contributed by atoms with Crippen molar-refractivity contribution in [2.75, 3.05) is 32.1 Å². The number of carbonyl (C=O) groups is 1. The van der Waals surface area contributed by atoms with Crippen LogP contribution in [0, 0.1) is 0 Å². The summed E-state index contributed by atoms with van der Waals surface area (Å²) in [4.78, 5) is 19.1. The maximum atomic E-state index is 12.7. The number of morpholine rings is 1. The lowest BCUT2D eigenvalue weighted by molar-refractivity contribution is -0.0764. The number of hydrogen-bond acceptors (Lipinski definition) is 4. The third-order valence-electron chi connectivity index (χ3n) is 3.60. The van der Waals surface area contributed by atoms with E-state index in [1.807, 2.05) is 37.9 Å². The van der Waals surface area contributed by atoms with Crippen molar-refractivity contribution in [3.05, 3.63) is 23.4 Å². The lowest BCUT2D eigenvalue weighted by Crippen LogP contribution is -2.50. The molecule has 1 saturated heterocycles. The molecule has 5 heteroatoms. The Hall–Kier alpha value is -1.62. The van der Waals surface area contributed by atoms with Crippen molar-refractivity contribution in [3.8, 4) is 0 Å². The van der Waals surface area contributed by atoms with Crippen molar-refractivity contribution in [2.24, 2.45) is 0 Å². The zero-order valence-corrected chi connectivity index (χ0v) is 13.4. The van der Waals surface area contributed by atoms with Crippen molar-refractivity contribution < 1.29 is 9.53 Å². The van der Waals surface area contributed by atoms with E-state index in [0.29, 0.717) is 25.3 Å². The Kier molecular flexibility index (Phi) is 4.83. The van der Waals surface area contributed by atoms with Crippen molar-refractivity contribution in [2.45, 2.75) is 39.2 Å². The van der Waals surface area contributed by atoms with Gasteiger partial charge in [0.25, 0.3) is 5.91 Å². The summed E-state index contributed by atoms with van der Waals surface area (Å²) in [5.41, 5.74) is 1.38. The van der Waals surface area contributed by atoms with E-state index in [2.05, 4.69) is 17.2 Å². The molecule has 0 atom stereocenters. The van der Waals surface area contributed by atoms with Crippen LogP contribution >= 0.6 is 0 Å². The molecule has 0 radical (unpaired) electrons. The molecule has 0 unspecified atom stereocenters. The van der Waals surface area contributed by atoms with Crippen LogP contribution in [0.1, 0.15) is 43.2 Å². The average Bonchev–Trinajstić information content (AvgIpc) is 2.45. The Morgan fingerprint density at radius 3 is 2.86 bits per heavy atom. The quantitative estimate of drug-likeness (QED) is 0.925. The summed E-state index contributed by atoms with van der Waals surface area (Å²) < 4.78 is 5.67. The van der Waals surface area contributed by atoms with Gasteiger partial charge in [0.2, 0.25) is 0 Å². The van der Waals surface area contributed by atoms with Gasteiger partial charge in [-0.2, -0.15) is 0 Å². The van der Waals surface area contributed by atoms with Gasteiger partial charge in [-0.25, -0.2) is 4.98 Å². The summed E-state index contributed by atoms with van der Waals surface area (Å²) in [5.74, 6) is 0.805. The first-order valence-electron chi connectivity index (χ1n) is 7.57. The van der Waals surface area contributed by atoms with E-state index in [0.717, 1.165) is 24.4 Å². The SMILES string of the molecule is CCCc1cc(C(=O)N2CCOC(C)(C)C2)cc(NC)n1. The Morgan fingerprint density at radius 1 is 1.48 bits per heavy atom. The molecule has 1 N–H and O–H groups in total. The number of pyridine rings is 1. The molecule has 1 aromatic rings. The number of ether oxygens (including phenoxy) is 1. The molecule has 21 heavy (non-hydrogen) atoms. The highest BCUT2D eigenvalue weighted by molar-refractivity contribution is 5.95. The lowest BCUT2D eigenvalue weighted by atomic mass is 10.1. The van der Waals surface area contributed by atoms with Gasteiger partial charge in [-0.15, -0.1) is 0 Å². The summed E-state index contributed by atoms with van der Waals surface area (Å²) in [6, 6.07) is 3.74. The first-order chi connectivity index (χ1) is 9.95. The number of nitrogens with one attached hydrogen (secondary N) is 1. The van der Waals surface area contributed by atoms with Gasteiger partial charge in [0.1, 0.15) is 5.82 Å². The largest absolute Gasteiger partial charge is 0.373 e. The predicted octanol–water partition coefficient (Wildman–Crippen LogP) is 2.33. The summed E-state index contributed by atoms with van der Waals surface area (Å²) in [6.07, 6.45) is 1.89. The van der Waals surface area contributed by atoms with Gasteiger partial charge in [0, 0.05) is 31.4 Å². The number of hydrogen-bond donors (Lipinski definition) is 1. The van der Waals surface area contributed by atoms with Crippen LogP contribution in [0.3, 0.4) is 0 Å². The van der Waals surface area contributed by atoms with Crippen LogP contribution in [0.15, 0.2) is 12.1 Å². The van der Waals surface area contributed by atoms with Crippen molar-refractivity contribution in [1.82, 2.24) is 9.88 Å². The molecular formula is C16H25N3O2. The normalized spacial score (nSPS) is 17.6. The van der Waals surface area contributed by atoms with Gasteiger partial charge >= 0.3 is 0 Å². The van der Waals surface area contributed by atoms with Crippen LogP contribution in [0.4, 0.5) is 5.82 Å². The van der Waals surface area contributed by atoms with E-state index < -0.39 is 0 Å². The molecule has 0 spiro atoms. The van der Waals surface area contributed by atoms with Gasteiger partial charge in [-0.1, -0.05) is 13.3 Å². The molecule has 1 aromatic heterocycles. The monoisotopic (exact) mass is 291 g/mol. The molecule has 5 nitrogen and oxygen atoms in total. The van der Waals surface area contributed by atoms with E-state index in [-0.39, 0.29) is 11.5 Å². The first kappa shape index (κ1) is 15.8. The Labute approximate surface area is 126 Å². The summed E-state index contributed by atoms with van der Waals surface area (Å²) in [6.45, 7) is 7.99. The number of anilines is 1. The molecule has 2 rings (SSSR count). The molecule has 0 bridgehead atoms. The first-order valence-corrected chi connectivity index (χ1v) is 7.57. The average molecular weight is 291 g/mol. The molecule has 1 fully saturated rings. The zero-order chi connectivity index (χ0) is 15.5. The molecule has 0 aromatic carbocycles. The second-order valence-corrected chi connectivity index (χ2v) is 6.07. The van der Waals surface area contributed by atoms with Crippen LogP contribution in [-0.2, 0) is 11.2 Å². The maximum absolute atomic E-state index is 12.7. The number of rotatable bonds is 4. The highest BCUT2D eigenvalue weighted by atomic mass is 16.5. The maximum Gasteiger partial charge on any atom is 0.254 e. The second kappa shape index (κ2) is 6.43. The Morgan fingerprint density at radius 2 is 2.24 bits per heavy atom. The van der Waals surface area contributed by atoms with E-state index in [4.69, 9.17) is 4.74 Å². The van der Waals surface area contributed by atoms with E-state index >= 15 is 0 Å². The van der Waals surface area contributed by atoms with Crippen molar-refractivity contribution >= 4 is 11.7 Å². The predicted molar refractivity (Wildman–Crippen MR) is 83.7 cm³/mol. The number of amides is 1. The fraction of sp³-hybridized carbons (Fsp3) is 0.625. The minimum absolute atomic E-state index is 0.0580. The van der Waals surface area contributed by atoms with Crippen LogP contribution in [-0.4, -0.2) is 48.1 Å². The molecule has 2 heterocycles. The highest BCUT2D eigenvalue weighted by Gasteiger charge is 2.30. The molecular weight excluding hydrogens is 266 g/mol. The number of carbonyl (C=O) groups excluding carboxylic acids is 1. The Bertz CT molecular complexity index is 514. The fourth-order valence-electron chi connectivity index (χ4n) is 2.60. The Balaban J connectivity index is 2.23. The summed E-state index contributed by atoms with van der Waals surface area (Å²) >= 11 is 0. The van der Waals surface area contributed by atoms with Gasteiger partial charge in [0.15, 0.2) is 0 Å². The molecule has 116 valence electrons. The van der Waals surface area contributed by atoms with Gasteiger partial charge in [-0.3, -0.25) is 4.79 Å². The van der Waals surface area contributed by atoms with Gasteiger partial charge in [-0.05, 0) is 32.4 Å². The fourth-order valence-corrected chi connectivity index (χ4v) is 2.60. The summed E-state index contributed by atoms with van der Waals surface area (Å²) in [7, 11) is 1.82. The smallest absolute Gasteiger partial charge is 0.254 e. The van der Waals surface area contributed by atoms with Gasteiger partial charge < -0.3 is 15.0 Å². The topological polar surface area (TPSA) is 54.5 Å². The van der Waals surface area contributed by atoms with E-state index in [1.165, 1.54) is 0 Å². The third kappa shape index (κ3) is 3.94. The highest BCUT2D eigenvalue weighted by Crippen LogP contribution is 2.20. The van der Waals surface area contributed by atoms with Gasteiger partial charge in [0.05, 0.1) is 12.2 Å². The molecule has 1 aliphatic rings. The summed E-state index contributed by atoms with van der Waals surface area (Å²) in [5, 5.41) is 3.03. The molecule has 1 amide bonds. The van der Waals surface area contributed by atoms with Crippen molar-refractivity contribution in [3.63, 3.8) is 0 Å². The molecule has 0 saturated carbocycles. The second-order valence-electron chi connectivity index (χ2n) is 6.07. The van der Waals surface area contributed by atoms with Crippen molar-refractivity contribution in [1.29, 1.82) is 0 Å². The van der Waals surface area contributed by atoms with E-state index in [9.17, 15) is 4.79 Å².